The first kappa shape index (κ1) is 15.9. The van der Waals surface area contributed by atoms with Crippen LogP contribution in [-0.2, 0) is 11.2 Å². The number of rotatable bonds is 2. The van der Waals surface area contributed by atoms with Crippen LogP contribution < -0.4 is 5.32 Å². The SMILES string of the molecule is C#CC(NC(=O)OC(C)(C)C)C1CCc2cc(Br)ccc21. The van der Waals surface area contributed by atoms with Crippen molar-refractivity contribution < 1.29 is 9.53 Å². The zero-order valence-corrected chi connectivity index (χ0v) is 14.2. The Morgan fingerprint density at radius 1 is 1.52 bits per heavy atom. The van der Waals surface area contributed by atoms with E-state index >= 15 is 0 Å². The van der Waals surface area contributed by atoms with Gasteiger partial charge >= 0.3 is 6.09 Å². The molecule has 0 spiro atoms. The summed E-state index contributed by atoms with van der Waals surface area (Å²) in [6.07, 6.45) is 7.08. The third-order valence-corrected chi connectivity index (χ3v) is 3.98. The molecule has 0 saturated carbocycles. The van der Waals surface area contributed by atoms with Crippen LogP contribution in [0.25, 0.3) is 0 Å². The van der Waals surface area contributed by atoms with Crippen molar-refractivity contribution in [3.8, 4) is 12.3 Å². The number of carbonyl (C=O) groups excluding carboxylic acids is 1. The molecule has 112 valence electrons. The maximum atomic E-state index is 11.9. The van der Waals surface area contributed by atoms with E-state index in [-0.39, 0.29) is 12.0 Å². The molecular formula is C17H20BrNO2. The molecule has 0 aromatic heterocycles. The number of alkyl carbamates (subject to hydrolysis) is 1. The Balaban J connectivity index is 2.11. The van der Waals surface area contributed by atoms with Crippen LogP contribution in [0.5, 0.6) is 0 Å². The lowest BCUT2D eigenvalue weighted by Crippen LogP contribution is -2.41. The summed E-state index contributed by atoms with van der Waals surface area (Å²) in [4.78, 5) is 11.9. The lowest BCUT2D eigenvalue weighted by Gasteiger charge is -2.24. The molecule has 1 N–H and O–H groups in total. The summed E-state index contributed by atoms with van der Waals surface area (Å²) in [5.41, 5.74) is 1.99. The highest BCUT2D eigenvalue weighted by Crippen LogP contribution is 2.36. The van der Waals surface area contributed by atoms with Crippen molar-refractivity contribution in [2.24, 2.45) is 0 Å². The normalized spacial score (nSPS) is 18.5. The van der Waals surface area contributed by atoms with Crippen molar-refractivity contribution in [1.82, 2.24) is 5.32 Å². The summed E-state index contributed by atoms with van der Waals surface area (Å²) in [6.45, 7) is 5.50. The monoisotopic (exact) mass is 349 g/mol. The van der Waals surface area contributed by atoms with E-state index < -0.39 is 11.7 Å². The smallest absolute Gasteiger partial charge is 0.408 e. The van der Waals surface area contributed by atoms with Crippen LogP contribution in [0.1, 0.15) is 44.2 Å². The fourth-order valence-corrected chi connectivity index (χ4v) is 3.07. The molecule has 4 heteroatoms. The van der Waals surface area contributed by atoms with E-state index in [0.29, 0.717) is 0 Å². The van der Waals surface area contributed by atoms with Crippen LogP contribution in [0.4, 0.5) is 4.79 Å². The minimum absolute atomic E-state index is 0.144. The topological polar surface area (TPSA) is 38.3 Å². The quantitative estimate of drug-likeness (QED) is 0.819. The zero-order valence-electron chi connectivity index (χ0n) is 12.6. The molecule has 0 fully saturated rings. The Bertz CT molecular complexity index is 583. The van der Waals surface area contributed by atoms with Gasteiger partial charge in [-0.05, 0) is 56.9 Å². The first-order valence-corrected chi connectivity index (χ1v) is 7.83. The molecule has 0 aliphatic heterocycles. The number of aryl methyl sites for hydroxylation is 1. The van der Waals surface area contributed by atoms with Crippen LogP contribution in [0.3, 0.4) is 0 Å². The molecule has 1 aromatic rings. The number of hydrogen-bond donors (Lipinski definition) is 1. The largest absolute Gasteiger partial charge is 0.444 e. The van der Waals surface area contributed by atoms with Crippen molar-refractivity contribution in [3.05, 3.63) is 33.8 Å². The minimum Gasteiger partial charge on any atom is -0.444 e. The van der Waals surface area contributed by atoms with E-state index in [9.17, 15) is 4.79 Å². The van der Waals surface area contributed by atoms with Crippen molar-refractivity contribution in [2.75, 3.05) is 0 Å². The van der Waals surface area contributed by atoms with Crippen molar-refractivity contribution in [3.63, 3.8) is 0 Å². The minimum atomic E-state index is -0.526. The molecule has 2 atom stereocenters. The highest BCUT2D eigenvalue weighted by atomic mass is 79.9. The van der Waals surface area contributed by atoms with Gasteiger partial charge < -0.3 is 10.1 Å². The Morgan fingerprint density at radius 3 is 2.86 bits per heavy atom. The molecule has 3 nitrogen and oxygen atoms in total. The van der Waals surface area contributed by atoms with Gasteiger partial charge in [-0.3, -0.25) is 0 Å². The molecule has 1 amide bonds. The van der Waals surface area contributed by atoms with Crippen LogP contribution >= 0.6 is 15.9 Å². The number of hydrogen-bond acceptors (Lipinski definition) is 2. The van der Waals surface area contributed by atoms with Gasteiger partial charge in [0.2, 0.25) is 0 Å². The Kier molecular flexibility index (Phi) is 4.63. The number of nitrogens with one attached hydrogen (secondary N) is 1. The lowest BCUT2D eigenvalue weighted by molar-refractivity contribution is 0.0510. The third kappa shape index (κ3) is 4.01. The number of ether oxygens (including phenoxy) is 1. The number of terminal acetylenes is 1. The second kappa shape index (κ2) is 6.11. The zero-order chi connectivity index (χ0) is 15.6. The maximum Gasteiger partial charge on any atom is 0.408 e. The van der Waals surface area contributed by atoms with E-state index in [4.69, 9.17) is 11.2 Å². The number of benzene rings is 1. The van der Waals surface area contributed by atoms with E-state index in [1.54, 1.807) is 0 Å². The number of carbonyl (C=O) groups is 1. The number of fused-ring (bicyclic) bond motifs is 1. The summed E-state index contributed by atoms with van der Waals surface area (Å²) in [7, 11) is 0. The summed E-state index contributed by atoms with van der Waals surface area (Å²) in [6, 6.07) is 5.87. The van der Waals surface area contributed by atoms with Gasteiger partial charge in [0.05, 0.1) is 0 Å². The summed E-state index contributed by atoms with van der Waals surface area (Å²) < 4.78 is 6.35. The van der Waals surface area contributed by atoms with Crippen LogP contribution in [0.2, 0.25) is 0 Å². The van der Waals surface area contributed by atoms with Gasteiger partial charge in [-0.2, -0.15) is 0 Å². The fourth-order valence-electron chi connectivity index (χ4n) is 2.66. The fraction of sp³-hybridized carbons (Fsp3) is 0.471. The third-order valence-electron chi connectivity index (χ3n) is 3.48. The Morgan fingerprint density at radius 2 is 2.24 bits per heavy atom. The average Bonchev–Trinajstić information content (AvgIpc) is 2.76. The van der Waals surface area contributed by atoms with Gasteiger partial charge in [0.1, 0.15) is 11.6 Å². The molecule has 1 aliphatic carbocycles. The van der Waals surface area contributed by atoms with Crippen molar-refractivity contribution in [1.29, 1.82) is 0 Å². The van der Waals surface area contributed by atoms with Gasteiger partial charge in [-0.15, -0.1) is 6.42 Å². The van der Waals surface area contributed by atoms with Gasteiger partial charge in [-0.1, -0.05) is 27.9 Å². The standard InChI is InChI=1S/C17H20BrNO2/c1-5-15(19-16(20)21-17(2,3)4)14-8-6-11-10-12(18)7-9-13(11)14/h1,7,9-10,14-15H,6,8H2,2-4H3,(H,19,20). The first-order valence-electron chi connectivity index (χ1n) is 7.04. The predicted octanol–water partition coefficient (Wildman–Crippen LogP) is 4.01. The lowest BCUT2D eigenvalue weighted by atomic mass is 9.94. The van der Waals surface area contributed by atoms with Gasteiger partial charge in [0.15, 0.2) is 0 Å². The molecular weight excluding hydrogens is 330 g/mol. The summed E-state index contributed by atoms with van der Waals surface area (Å²) in [5.74, 6) is 2.84. The summed E-state index contributed by atoms with van der Waals surface area (Å²) >= 11 is 3.48. The van der Waals surface area contributed by atoms with Crippen molar-refractivity contribution in [2.45, 2.75) is 51.2 Å². The molecule has 0 saturated heterocycles. The number of halogens is 1. The van der Waals surface area contributed by atoms with Crippen LogP contribution in [0, 0.1) is 12.3 Å². The van der Waals surface area contributed by atoms with Gasteiger partial charge in [0, 0.05) is 10.4 Å². The first-order chi connectivity index (χ1) is 9.80. The molecule has 2 rings (SSSR count). The molecule has 0 radical (unpaired) electrons. The number of amides is 1. The molecule has 0 heterocycles. The highest BCUT2D eigenvalue weighted by molar-refractivity contribution is 9.10. The van der Waals surface area contributed by atoms with Crippen LogP contribution in [-0.4, -0.2) is 17.7 Å². The molecule has 1 aliphatic rings. The predicted molar refractivity (Wildman–Crippen MR) is 87.2 cm³/mol. The van der Waals surface area contributed by atoms with E-state index in [1.807, 2.05) is 26.8 Å². The summed E-state index contributed by atoms with van der Waals surface area (Å²) in [5, 5.41) is 2.81. The molecule has 21 heavy (non-hydrogen) atoms. The average molecular weight is 350 g/mol. The Hall–Kier alpha value is -1.47. The van der Waals surface area contributed by atoms with E-state index in [2.05, 4.69) is 39.3 Å². The molecule has 1 aromatic carbocycles. The van der Waals surface area contributed by atoms with Gasteiger partial charge in [-0.25, -0.2) is 4.79 Å². The van der Waals surface area contributed by atoms with E-state index in [1.165, 1.54) is 11.1 Å². The molecule has 0 bridgehead atoms. The second-order valence-electron chi connectivity index (χ2n) is 6.28. The molecule has 2 unspecified atom stereocenters. The van der Waals surface area contributed by atoms with E-state index in [0.717, 1.165) is 17.3 Å². The van der Waals surface area contributed by atoms with Crippen molar-refractivity contribution >= 4 is 22.0 Å². The van der Waals surface area contributed by atoms with Crippen LogP contribution in [0.15, 0.2) is 22.7 Å². The maximum absolute atomic E-state index is 11.9. The Labute approximate surface area is 134 Å². The second-order valence-corrected chi connectivity index (χ2v) is 7.19. The highest BCUT2D eigenvalue weighted by Gasteiger charge is 2.31. The van der Waals surface area contributed by atoms with Gasteiger partial charge in [0.25, 0.3) is 0 Å².